The SMILES string of the molecule is CCc1ccc(CNC(C)CC(N)=O)cc1. The number of nitrogens with one attached hydrogen (secondary N) is 1. The van der Waals surface area contributed by atoms with Gasteiger partial charge >= 0.3 is 0 Å². The second-order valence-corrected chi connectivity index (χ2v) is 4.12. The fraction of sp³-hybridized carbons (Fsp3) is 0.462. The van der Waals surface area contributed by atoms with Gasteiger partial charge < -0.3 is 11.1 Å². The Hall–Kier alpha value is -1.35. The highest BCUT2D eigenvalue weighted by Crippen LogP contribution is 2.05. The average Bonchev–Trinajstić information content (AvgIpc) is 2.26. The number of carbonyl (C=O) groups is 1. The fourth-order valence-corrected chi connectivity index (χ4v) is 1.56. The molecule has 0 spiro atoms. The molecule has 1 atom stereocenters. The van der Waals surface area contributed by atoms with Crippen molar-refractivity contribution in [3.8, 4) is 0 Å². The number of amides is 1. The molecule has 0 heterocycles. The zero-order valence-corrected chi connectivity index (χ0v) is 9.99. The molecule has 1 unspecified atom stereocenters. The molecule has 0 saturated heterocycles. The Morgan fingerprint density at radius 1 is 1.31 bits per heavy atom. The Morgan fingerprint density at radius 3 is 2.38 bits per heavy atom. The molecule has 1 aromatic carbocycles. The van der Waals surface area contributed by atoms with Gasteiger partial charge in [0.15, 0.2) is 0 Å². The first kappa shape index (κ1) is 12.7. The predicted molar refractivity (Wildman–Crippen MR) is 65.9 cm³/mol. The molecule has 0 radical (unpaired) electrons. The molecule has 1 aromatic rings. The van der Waals surface area contributed by atoms with E-state index in [0.29, 0.717) is 6.42 Å². The molecule has 88 valence electrons. The van der Waals surface area contributed by atoms with E-state index < -0.39 is 0 Å². The Bertz CT molecular complexity index is 332. The van der Waals surface area contributed by atoms with Gasteiger partial charge in [0.1, 0.15) is 0 Å². The predicted octanol–water partition coefficient (Wildman–Crippen LogP) is 1.60. The van der Waals surface area contributed by atoms with Crippen LogP contribution in [0.4, 0.5) is 0 Å². The van der Waals surface area contributed by atoms with Crippen LogP contribution in [0.2, 0.25) is 0 Å². The van der Waals surface area contributed by atoms with E-state index in [4.69, 9.17) is 5.73 Å². The van der Waals surface area contributed by atoms with Crippen molar-refractivity contribution in [2.75, 3.05) is 0 Å². The first-order chi connectivity index (χ1) is 7.61. The minimum atomic E-state index is -0.263. The van der Waals surface area contributed by atoms with Crippen LogP contribution in [0.5, 0.6) is 0 Å². The standard InChI is InChI=1S/C13H20N2O/c1-3-11-4-6-12(7-5-11)9-15-10(2)8-13(14)16/h4-7,10,15H,3,8-9H2,1-2H3,(H2,14,16). The van der Waals surface area contributed by atoms with Gasteiger partial charge in [-0.15, -0.1) is 0 Å². The third-order valence-corrected chi connectivity index (χ3v) is 2.59. The van der Waals surface area contributed by atoms with Gasteiger partial charge in [-0.2, -0.15) is 0 Å². The van der Waals surface area contributed by atoms with E-state index in [2.05, 4.69) is 36.5 Å². The second-order valence-electron chi connectivity index (χ2n) is 4.12. The summed E-state index contributed by atoms with van der Waals surface area (Å²) in [5, 5.41) is 3.27. The molecular weight excluding hydrogens is 200 g/mol. The monoisotopic (exact) mass is 220 g/mol. The van der Waals surface area contributed by atoms with Crippen LogP contribution in [0.1, 0.15) is 31.4 Å². The normalized spacial score (nSPS) is 12.4. The van der Waals surface area contributed by atoms with Crippen LogP contribution in [-0.2, 0) is 17.8 Å². The lowest BCUT2D eigenvalue weighted by molar-refractivity contribution is -0.118. The summed E-state index contributed by atoms with van der Waals surface area (Å²) in [7, 11) is 0. The van der Waals surface area contributed by atoms with Crippen molar-refractivity contribution in [1.29, 1.82) is 0 Å². The molecule has 0 aliphatic heterocycles. The summed E-state index contributed by atoms with van der Waals surface area (Å²) in [6.45, 7) is 4.88. The Morgan fingerprint density at radius 2 is 1.88 bits per heavy atom. The van der Waals surface area contributed by atoms with E-state index in [1.165, 1.54) is 11.1 Å². The van der Waals surface area contributed by atoms with Gasteiger partial charge in [0.05, 0.1) is 0 Å². The van der Waals surface area contributed by atoms with Crippen LogP contribution in [0.3, 0.4) is 0 Å². The summed E-state index contributed by atoms with van der Waals surface area (Å²) in [6.07, 6.45) is 1.44. The second kappa shape index (κ2) is 6.28. The number of carbonyl (C=O) groups excluding carboxylic acids is 1. The third-order valence-electron chi connectivity index (χ3n) is 2.59. The molecule has 0 bridgehead atoms. The van der Waals surface area contributed by atoms with Gasteiger partial charge in [0.25, 0.3) is 0 Å². The van der Waals surface area contributed by atoms with Gasteiger partial charge in [-0.25, -0.2) is 0 Å². The van der Waals surface area contributed by atoms with Crippen LogP contribution in [0.15, 0.2) is 24.3 Å². The van der Waals surface area contributed by atoms with E-state index in [9.17, 15) is 4.79 Å². The number of hydrogen-bond donors (Lipinski definition) is 2. The summed E-state index contributed by atoms with van der Waals surface area (Å²) >= 11 is 0. The lowest BCUT2D eigenvalue weighted by Crippen LogP contribution is -2.30. The van der Waals surface area contributed by atoms with E-state index in [1.807, 2.05) is 6.92 Å². The van der Waals surface area contributed by atoms with Crippen molar-refractivity contribution in [2.45, 2.75) is 39.3 Å². The van der Waals surface area contributed by atoms with E-state index in [1.54, 1.807) is 0 Å². The van der Waals surface area contributed by atoms with Gasteiger partial charge in [-0.05, 0) is 24.5 Å². The van der Waals surface area contributed by atoms with Crippen LogP contribution in [0, 0.1) is 0 Å². The highest BCUT2D eigenvalue weighted by molar-refractivity contribution is 5.74. The first-order valence-corrected chi connectivity index (χ1v) is 5.71. The van der Waals surface area contributed by atoms with Gasteiger partial charge in [-0.1, -0.05) is 31.2 Å². The zero-order valence-electron chi connectivity index (χ0n) is 9.99. The number of rotatable bonds is 6. The maximum absolute atomic E-state index is 10.7. The van der Waals surface area contributed by atoms with Gasteiger partial charge in [0.2, 0.25) is 5.91 Å². The Labute approximate surface area is 97.0 Å². The molecule has 0 aromatic heterocycles. The van der Waals surface area contributed by atoms with Crippen molar-refractivity contribution < 1.29 is 4.79 Å². The number of aryl methyl sites for hydroxylation is 1. The molecule has 16 heavy (non-hydrogen) atoms. The van der Waals surface area contributed by atoms with Crippen LogP contribution >= 0.6 is 0 Å². The summed E-state index contributed by atoms with van der Waals surface area (Å²) in [5.74, 6) is -0.263. The maximum Gasteiger partial charge on any atom is 0.218 e. The first-order valence-electron chi connectivity index (χ1n) is 5.71. The van der Waals surface area contributed by atoms with Crippen molar-refractivity contribution in [3.63, 3.8) is 0 Å². The molecule has 3 nitrogen and oxygen atoms in total. The van der Waals surface area contributed by atoms with Crippen LogP contribution < -0.4 is 11.1 Å². The zero-order chi connectivity index (χ0) is 12.0. The molecule has 0 aliphatic rings. The fourth-order valence-electron chi connectivity index (χ4n) is 1.56. The van der Waals surface area contributed by atoms with Crippen LogP contribution in [-0.4, -0.2) is 11.9 Å². The summed E-state index contributed by atoms with van der Waals surface area (Å²) in [4.78, 5) is 10.7. The summed E-state index contributed by atoms with van der Waals surface area (Å²) in [6, 6.07) is 8.63. The molecule has 3 heteroatoms. The quantitative estimate of drug-likeness (QED) is 0.765. The molecule has 0 aliphatic carbocycles. The minimum Gasteiger partial charge on any atom is -0.370 e. The lowest BCUT2D eigenvalue weighted by atomic mass is 10.1. The summed E-state index contributed by atoms with van der Waals surface area (Å²) < 4.78 is 0. The largest absolute Gasteiger partial charge is 0.370 e. The minimum absolute atomic E-state index is 0.128. The molecule has 0 saturated carbocycles. The lowest BCUT2D eigenvalue weighted by Gasteiger charge is -2.11. The Balaban J connectivity index is 2.39. The van der Waals surface area contributed by atoms with Crippen molar-refractivity contribution in [3.05, 3.63) is 35.4 Å². The molecule has 1 rings (SSSR count). The maximum atomic E-state index is 10.7. The third kappa shape index (κ3) is 4.45. The average molecular weight is 220 g/mol. The van der Waals surface area contributed by atoms with E-state index in [-0.39, 0.29) is 11.9 Å². The van der Waals surface area contributed by atoms with Gasteiger partial charge in [-0.3, -0.25) is 4.79 Å². The molecular formula is C13H20N2O. The number of benzene rings is 1. The highest BCUT2D eigenvalue weighted by atomic mass is 16.1. The number of hydrogen-bond acceptors (Lipinski definition) is 2. The van der Waals surface area contributed by atoms with Crippen molar-refractivity contribution in [2.24, 2.45) is 5.73 Å². The van der Waals surface area contributed by atoms with Gasteiger partial charge in [0, 0.05) is 19.0 Å². The summed E-state index contributed by atoms with van der Waals surface area (Å²) in [5.41, 5.74) is 7.69. The Kier molecular flexibility index (Phi) is 4.99. The number of nitrogens with two attached hydrogens (primary N) is 1. The van der Waals surface area contributed by atoms with E-state index in [0.717, 1.165) is 13.0 Å². The van der Waals surface area contributed by atoms with Crippen molar-refractivity contribution >= 4 is 5.91 Å². The molecule has 0 fully saturated rings. The molecule has 1 amide bonds. The topological polar surface area (TPSA) is 55.1 Å². The smallest absolute Gasteiger partial charge is 0.218 e. The van der Waals surface area contributed by atoms with Crippen LogP contribution in [0.25, 0.3) is 0 Å². The van der Waals surface area contributed by atoms with E-state index >= 15 is 0 Å². The molecule has 3 N–H and O–H groups in total. The van der Waals surface area contributed by atoms with Crippen molar-refractivity contribution in [1.82, 2.24) is 5.32 Å². The highest BCUT2D eigenvalue weighted by Gasteiger charge is 2.04. The number of primary amides is 1.